The molecule has 0 amide bonds. The van der Waals surface area contributed by atoms with Gasteiger partial charge in [0, 0.05) is 0 Å². The van der Waals surface area contributed by atoms with Crippen molar-refractivity contribution in [2.45, 2.75) is 30.4 Å². The fourth-order valence-corrected chi connectivity index (χ4v) is 0.648. The van der Waals surface area contributed by atoms with Crippen LogP contribution in [0.2, 0.25) is 0 Å². The molecular weight excluding hydrogens is 255 g/mol. The highest BCUT2D eigenvalue weighted by Crippen LogP contribution is 2.43. The van der Waals surface area contributed by atoms with Gasteiger partial charge in [0.2, 0.25) is 12.3 Å². The van der Waals surface area contributed by atoms with E-state index in [-0.39, 0.29) is 0 Å². The Morgan fingerprint density at radius 2 is 1.19 bits per heavy atom. The van der Waals surface area contributed by atoms with E-state index in [9.17, 15) is 39.5 Å². The van der Waals surface area contributed by atoms with Gasteiger partial charge < -0.3 is 0 Å². The molecule has 0 saturated carbocycles. The van der Waals surface area contributed by atoms with Crippen molar-refractivity contribution in [1.82, 2.24) is 0 Å². The van der Waals surface area contributed by atoms with Gasteiger partial charge in [-0.1, -0.05) is 6.58 Å². The second-order valence-corrected chi connectivity index (χ2v) is 2.80. The van der Waals surface area contributed by atoms with Crippen LogP contribution in [-0.2, 0) is 0 Å². The average Bonchev–Trinajstić information content (AvgIpc) is 2.13. The molecule has 0 radical (unpaired) electrons. The summed E-state index contributed by atoms with van der Waals surface area (Å²) in [6, 6.07) is 0. The molecule has 0 heterocycles. The molecule has 0 rings (SSSR count). The van der Waals surface area contributed by atoms with E-state index in [1.807, 2.05) is 0 Å². The van der Waals surface area contributed by atoms with E-state index in [0.29, 0.717) is 0 Å². The highest BCUT2D eigenvalue weighted by molar-refractivity contribution is 5.01. The molecule has 0 bridgehead atoms. The summed E-state index contributed by atoms with van der Waals surface area (Å²) >= 11 is 0. The van der Waals surface area contributed by atoms with Crippen LogP contribution in [-0.4, -0.2) is 30.4 Å². The molecule has 0 aromatic carbocycles. The maximum atomic E-state index is 12.4. The van der Waals surface area contributed by atoms with Crippen LogP contribution in [0.3, 0.4) is 0 Å². The van der Waals surface area contributed by atoms with Gasteiger partial charge in [-0.25, -0.2) is 8.78 Å². The van der Waals surface area contributed by atoms with Gasteiger partial charge in [-0.3, -0.25) is 0 Å². The van der Waals surface area contributed by atoms with Crippen molar-refractivity contribution in [2.75, 3.05) is 0 Å². The molecule has 0 aliphatic heterocycles. The van der Waals surface area contributed by atoms with Crippen molar-refractivity contribution in [1.29, 1.82) is 0 Å². The third-order valence-corrected chi connectivity index (χ3v) is 1.62. The highest BCUT2D eigenvalue weighted by Gasteiger charge is 2.68. The van der Waals surface area contributed by atoms with Crippen LogP contribution in [0, 0.1) is 0 Å². The molecule has 2 atom stereocenters. The lowest BCUT2D eigenvalue weighted by Crippen LogP contribution is -2.53. The average molecular weight is 260 g/mol. The predicted molar refractivity (Wildman–Crippen MR) is 35.9 cm³/mol. The minimum Gasteiger partial charge on any atom is -0.237 e. The van der Waals surface area contributed by atoms with Crippen LogP contribution in [0.25, 0.3) is 0 Å². The quantitative estimate of drug-likeness (QED) is 0.534. The Morgan fingerprint density at radius 1 is 0.812 bits per heavy atom. The number of rotatable bonds is 4. The zero-order chi connectivity index (χ0) is 13.4. The van der Waals surface area contributed by atoms with Gasteiger partial charge >= 0.3 is 12.1 Å². The van der Waals surface area contributed by atoms with E-state index in [0.717, 1.165) is 0 Å². The smallest absolute Gasteiger partial charge is 0.237 e. The van der Waals surface area contributed by atoms with Crippen molar-refractivity contribution in [3.63, 3.8) is 0 Å². The van der Waals surface area contributed by atoms with Crippen molar-refractivity contribution >= 4 is 0 Å². The van der Waals surface area contributed by atoms with Crippen LogP contribution in [0.1, 0.15) is 0 Å². The molecule has 9 heteroatoms. The normalized spacial score (nSPS) is 18.1. The topological polar surface area (TPSA) is 0 Å². The summed E-state index contributed by atoms with van der Waals surface area (Å²) in [6.45, 7) is 2.30. The van der Waals surface area contributed by atoms with Crippen LogP contribution in [0.5, 0.6) is 0 Å². The standard InChI is InChI=1S/C7H5F9/c1-2-5(10,11)3(8)4(9)6(12,13)7(14,15)16/h2-4H,1H2. The molecule has 0 saturated heterocycles. The van der Waals surface area contributed by atoms with E-state index in [1.165, 1.54) is 0 Å². The largest absolute Gasteiger partial charge is 0.456 e. The van der Waals surface area contributed by atoms with Gasteiger partial charge in [-0.15, -0.1) is 0 Å². The molecule has 2 unspecified atom stereocenters. The zero-order valence-electron chi connectivity index (χ0n) is 7.34. The summed E-state index contributed by atoms with van der Waals surface area (Å²) in [5.74, 6) is -11.0. The summed E-state index contributed by atoms with van der Waals surface area (Å²) < 4.78 is 108. The zero-order valence-corrected chi connectivity index (χ0v) is 7.34. The van der Waals surface area contributed by atoms with E-state index in [2.05, 4.69) is 6.58 Å². The first-order valence-corrected chi connectivity index (χ1v) is 3.62. The highest BCUT2D eigenvalue weighted by atomic mass is 19.4. The summed E-state index contributed by atoms with van der Waals surface area (Å²) in [7, 11) is 0. The molecule has 0 aromatic rings. The minimum atomic E-state index is -6.45. The molecule has 16 heavy (non-hydrogen) atoms. The maximum absolute atomic E-state index is 12.4. The van der Waals surface area contributed by atoms with E-state index >= 15 is 0 Å². The Morgan fingerprint density at radius 3 is 1.44 bits per heavy atom. The molecule has 0 aromatic heterocycles. The van der Waals surface area contributed by atoms with Crippen molar-refractivity contribution in [2.24, 2.45) is 0 Å². The van der Waals surface area contributed by atoms with Crippen LogP contribution in [0.15, 0.2) is 12.7 Å². The number of hydrogen-bond donors (Lipinski definition) is 0. The van der Waals surface area contributed by atoms with Crippen LogP contribution >= 0.6 is 0 Å². The van der Waals surface area contributed by atoms with Gasteiger partial charge in [0.05, 0.1) is 0 Å². The summed E-state index contributed by atoms with van der Waals surface area (Å²) in [5.41, 5.74) is 0. The van der Waals surface area contributed by atoms with Crippen molar-refractivity contribution < 1.29 is 39.5 Å². The second kappa shape index (κ2) is 4.17. The van der Waals surface area contributed by atoms with E-state index < -0.39 is 36.4 Å². The van der Waals surface area contributed by atoms with E-state index in [4.69, 9.17) is 0 Å². The summed E-state index contributed by atoms with van der Waals surface area (Å²) in [6.07, 6.45) is -16.0. The van der Waals surface area contributed by atoms with Crippen LogP contribution in [0.4, 0.5) is 39.5 Å². The Labute approximate surface area is 83.7 Å². The molecular formula is C7H5F9. The number of alkyl halides is 9. The lowest BCUT2D eigenvalue weighted by molar-refractivity contribution is -0.315. The first-order valence-electron chi connectivity index (χ1n) is 3.62. The lowest BCUT2D eigenvalue weighted by Gasteiger charge is -2.27. The first kappa shape index (κ1) is 15.1. The molecule has 0 aliphatic rings. The minimum absolute atomic E-state index is 0.545. The number of hydrogen-bond acceptors (Lipinski definition) is 0. The molecule has 0 spiro atoms. The fraction of sp³-hybridized carbons (Fsp3) is 0.714. The Hall–Kier alpha value is -0.890. The predicted octanol–water partition coefficient (Wildman–Crippen LogP) is 3.68. The first-order chi connectivity index (χ1) is 6.88. The Bertz CT molecular complexity index is 253. The second-order valence-electron chi connectivity index (χ2n) is 2.80. The molecule has 0 N–H and O–H groups in total. The van der Waals surface area contributed by atoms with Gasteiger partial charge in [0.15, 0.2) is 0 Å². The molecule has 0 fully saturated rings. The Kier molecular flexibility index (Phi) is 3.94. The molecule has 0 nitrogen and oxygen atoms in total. The maximum Gasteiger partial charge on any atom is 0.456 e. The fourth-order valence-electron chi connectivity index (χ4n) is 0.648. The van der Waals surface area contributed by atoms with Gasteiger partial charge in [0.25, 0.3) is 5.92 Å². The SMILES string of the molecule is C=CC(F)(F)C(F)C(F)C(F)(F)C(F)(F)F. The molecule has 0 aliphatic carbocycles. The third-order valence-electron chi connectivity index (χ3n) is 1.62. The van der Waals surface area contributed by atoms with Crippen molar-refractivity contribution in [3.05, 3.63) is 12.7 Å². The Balaban J connectivity index is 5.08. The van der Waals surface area contributed by atoms with Gasteiger partial charge in [0.1, 0.15) is 0 Å². The summed E-state index contributed by atoms with van der Waals surface area (Å²) in [4.78, 5) is 0. The number of halogens is 9. The monoisotopic (exact) mass is 260 g/mol. The van der Waals surface area contributed by atoms with Crippen molar-refractivity contribution in [3.8, 4) is 0 Å². The van der Waals surface area contributed by atoms with Crippen LogP contribution < -0.4 is 0 Å². The summed E-state index contributed by atoms with van der Waals surface area (Å²) in [5, 5.41) is 0. The number of allylic oxidation sites excluding steroid dienone is 1. The van der Waals surface area contributed by atoms with Gasteiger partial charge in [-0.2, -0.15) is 30.7 Å². The van der Waals surface area contributed by atoms with Gasteiger partial charge in [-0.05, 0) is 6.08 Å². The lowest BCUT2D eigenvalue weighted by atomic mass is 10.0. The van der Waals surface area contributed by atoms with E-state index in [1.54, 1.807) is 0 Å². The third kappa shape index (κ3) is 2.62. The molecule has 96 valence electrons.